The van der Waals surface area contributed by atoms with Gasteiger partial charge in [-0.05, 0) is 24.6 Å². The maximum absolute atomic E-state index is 13.8. The minimum atomic E-state index is -1.14. The van der Waals surface area contributed by atoms with E-state index in [1.807, 2.05) is 4.98 Å². The number of rotatable bonds is 5. The first-order valence-electron chi connectivity index (χ1n) is 9.76. The second-order valence-electron chi connectivity index (χ2n) is 7.40. The lowest BCUT2D eigenvalue weighted by atomic mass is 9.80. The molecule has 1 aromatic heterocycles. The fourth-order valence-corrected chi connectivity index (χ4v) is 3.98. The van der Waals surface area contributed by atoms with Crippen LogP contribution in [0.2, 0.25) is 0 Å². The highest BCUT2D eigenvalue weighted by atomic mass is 19.1. The molecule has 0 unspecified atom stereocenters. The van der Waals surface area contributed by atoms with Crippen LogP contribution in [0.3, 0.4) is 0 Å². The number of benzene rings is 2. The van der Waals surface area contributed by atoms with E-state index in [-0.39, 0.29) is 40.3 Å². The third kappa shape index (κ3) is 3.39. The summed E-state index contributed by atoms with van der Waals surface area (Å²) in [4.78, 5) is 52.3. The third-order valence-corrected chi connectivity index (χ3v) is 5.58. The molecule has 4 rings (SSSR count). The van der Waals surface area contributed by atoms with Crippen molar-refractivity contribution in [1.82, 2.24) is 9.55 Å². The van der Waals surface area contributed by atoms with Gasteiger partial charge in [-0.2, -0.15) is 4.39 Å². The Balaban J connectivity index is 1.96. The molecule has 0 amide bonds. The highest BCUT2D eigenvalue weighted by molar-refractivity contribution is 6.30. The monoisotopic (exact) mass is 454 g/mol. The Morgan fingerprint density at radius 3 is 2.24 bits per heavy atom. The molecule has 0 radical (unpaired) electrons. The molecule has 2 aromatic carbocycles. The summed E-state index contributed by atoms with van der Waals surface area (Å²) in [5.41, 5.74) is -0.719. The van der Waals surface area contributed by atoms with Gasteiger partial charge < -0.3 is 14.2 Å². The molecule has 33 heavy (non-hydrogen) atoms. The maximum Gasteiger partial charge on any atom is 0.328 e. The van der Waals surface area contributed by atoms with E-state index in [0.717, 1.165) is 10.8 Å². The average molecular weight is 454 g/mol. The number of nitrogens with one attached hydrogen (secondary N) is 1. The van der Waals surface area contributed by atoms with Crippen LogP contribution in [0.1, 0.15) is 43.0 Å². The third-order valence-electron chi connectivity index (χ3n) is 5.58. The van der Waals surface area contributed by atoms with E-state index in [2.05, 4.69) is 0 Å². The smallest absolute Gasteiger partial charge is 0.328 e. The number of nitrogens with zero attached hydrogens (tertiary/aromatic N) is 1. The van der Waals surface area contributed by atoms with Crippen LogP contribution in [-0.2, 0) is 6.54 Å². The van der Waals surface area contributed by atoms with Crippen LogP contribution in [0.5, 0.6) is 17.2 Å². The van der Waals surface area contributed by atoms with E-state index in [9.17, 15) is 23.6 Å². The number of hydrogen-bond donors (Lipinski definition) is 1. The van der Waals surface area contributed by atoms with E-state index in [4.69, 9.17) is 14.2 Å². The van der Waals surface area contributed by atoms with Crippen LogP contribution in [0.25, 0.3) is 0 Å². The number of ketones is 2. The van der Waals surface area contributed by atoms with Gasteiger partial charge in [-0.25, -0.2) is 4.79 Å². The summed E-state index contributed by atoms with van der Waals surface area (Å²) in [5, 5.41) is 0. The minimum absolute atomic E-state index is 0.0111. The zero-order chi connectivity index (χ0) is 24.0. The number of halogens is 1. The molecule has 170 valence electrons. The Kier molecular flexibility index (Phi) is 5.36. The lowest BCUT2D eigenvalue weighted by molar-refractivity contribution is 0.0973. The van der Waals surface area contributed by atoms with Crippen molar-refractivity contribution in [2.75, 3.05) is 21.3 Å². The Hall–Kier alpha value is -4.21. The van der Waals surface area contributed by atoms with Gasteiger partial charge in [-0.15, -0.1) is 0 Å². The van der Waals surface area contributed by atoms with Crippen LogP contribution in [0.15, 0.2) is 34.0 Å². The van der Waals surface area contributed by atoms with Crippen LogP contribution in [0.4, 0.5) is 4.39 Å². The van der Waals surface area contributed by atoms with Gasteiger partial charge in [-0.1, -0.05) is 0 Å². The van der Waals surface area contributed by atoms with Crippen molar-refractivity contribution in [2.45, 2.75) is 13.5 Å². The van der Waals surface area contributed by atoms with Gasteiger partial charge in [0.1, 0.15) is 17.2 Å². The minimum Gasteiger partial charge on any atom is -0.497 e. The molecular formula is C23H19FN2O7. The molecular weight excluding hydrogens is 435 g/mol. The lowest BCUT2D eigenvalue weighted by Crippen LogP contribution is -2.32. The molecule has 9 nitrogen and oxygen atoms in total. The number of aromatic amines is 1. The van der Waals surface area contributed by atoms with Gasteiger partial charge in [0.25, 0.3) is 5.56 Å². The zero-order valence-corrected chi connectivity index (χ0v) is 18.2. The summed E-state index contributed by atoms with van der Waals surface area (Å²) < 4.78 is 30.8. The molecule has 3 aromatic rings. The molecule has 1 aliphatic rings. The molecule has 1 heterocycles. The molecule has 0 bridgehead atoms. The molecule has 0 spiro atoms. The Bertz CT molecular complexity index is 1450. The van der Waals surface area contributed by atoms with Gasteiger partial charge in [0.2, 0.25) is 11.6 Å². The highest BCUT2D eigenvalue weighted by Gasteiger charge is 2.37. The van der Waals surface area contributed by atoms with Crippen molar-refractivity contribution < 1.29 is 28.2 Å². The molecule has 0 saturated heterocycles. The summed E-state index contributed by atoms with van der Waals surface area (Å²) in [6, 6.07) is 4.49. The zero-order valence-electron chi connectivity index (χ0n) is 18.2. The number of hydrogen-bond acceptors (Lipinski definition) is 7. The summed E-state index contributed by atoms with van der Waals surface area (Å²) >= 11 is 0. The van der Waals surface area contributed by atoms with Crippen LogP contribution >= 0.6 is 0 Å². The number of aryl methyl sites for hydroxylation is 1. The Morgan fingerprint density at radius 2 is 1.61 bits per heavy atom. The van der Waals surface area contributed by atoms with Gasteiger partial charge in [-0.3, -0.25) is 23.9 Å². The molecule has 0 fully saturated rings. The van der Waals surface area contributed by atoms with Crippen LogP contribution in [0, 0.1) is 12.7 Å². The van der Waals surface area contributed by atoms with E-state index in [1.54, 1.807) is 6.92 Å². The summed E-state index contributed by atoms with van der Waals surface area (Å²) in [6.45, 7) is 1.47. The first-order valence-corrected chi connectivity index (χ1v) is 9.76. The average Bonchev–Trinajstić information content (AvgIpc) is 2.80. The first kappa shape index (κ1) is 22.0. The normalized spacial score (nSPS) is 12.3. The summed E-state index contributed by atoms with van der Waals surface area (Å²) in [6.07, 6.45) is 0.775. The number of ether oxygens (including phenoxy) is 3. The van der Waals surface area contributed by atoms with Gasteiger partial charge in [0.05, 0.1) is 45.2 Å². The molecule has 10 heteroatoms. The van der Waals surface area contributed by atoms with Crippen molar-refractivity contribution in [2.24, 2.45) is 0 Å². The second-order valence-corrected chi connectivity index (χ2v) is 7.40. The van der Waals surface area contributed by atoms with Crippen molar-refractivity contribution in [1.29, 1.82) is 0 Å². The predicted molar refractivity (Wildman–Crippen MR) is 115 cm³/mol. The number of H-pyrrole nitrogens is 1. The number of carbonyl (C=O) groups excluding carboxylic acids is 2. The fourth-order valence-electron chi connectivity index (χ4n) is 3.98. The standard InChI is InChI=1S/C23H19FN2O7/c1-10-5-12-18(20(28)17-13(19(12)27)6-11(31-2)7-16(17)32-3)21(33-4)14(10)8-26-9-15(24)22(29)25-23(26)30/h5-7,9H,8H2,1-4H3,(H,25,29,30). The van der Waals surface area contributed by atoms with Crippen molar-refractivity contribution >= 4 is 11.6 Å². The predicted octanol–water partition coefficient (Wildman–Crippen LogP) is 1.83. The summed E-state index contributed by atoms with van der Waals surface area (Å²) in [7, 11) is 4.13. The van der Waals surface area contributed by atoms with Gasteiger partial charge in [0.15, 0.2) is 5.78 Å². The van der Waals surface area contributed by atoms with Crippen molar-refractivity contribution in [3.8, 4) is 17.2 Å². The van der Waals surface area contributed by atoms with E-state index >= 15 is 0 Å². The van der Waals surface area contributed by atoms with E-state index in [1.165, 1.54) is 39.5 Å². The fraction of sp³-hybridized carbons (Fsp3) is 0.217. The van der Waals surface area contributed by atoms with Crippen LogP contribution in [-0.4, -0.2) is 42.4 Å². The van der Waals surface area contributed by atoms with Crippen LogP contribution < -0.4 is 25.5 Å². The molecule has 0 atom stereocenters. The molecule has 0 saturated carbocycles. The van der Waals surface area contributed by atoms with E-state index in [0.29, 0.717) is 16.9 Å². The quantitative estimate of drug-likeness (QED) is 0.489. The number of fused-ring (bicyclic) bond motifs is 2. The maximum atomic E-state index is 13.8. The summed E-state index contributed by atoms with van der Waals surface area (Å²) in [5.74, 6) is -1.46. The highest BCUT2D eigenvalue weighted by Crippen LogP contribution is 2.41. The molecule has 0 aliphatic heterocycles. The van der Waals surface area contributed by atoms with Crippen molar-refractivity contribution in [3.05, 3.63) is 84.4 Å². The molecule has 1 N–H and O–H groups in total. The topological polar surface area (TPSA) is 117 Å². The Morgan fingerprint density at radius 1 is 0.909 bits per heavy atom. The van der Waals surface area contributed by atoms with Gasteiger partial charge in [0, 0.05) is 22.8 Å². The SMILES string of the molecule is COc1cc(OC)c2c(c1)C(=O)c1cc(C)c(Cn3cc(F)c(=O)[nH]c3=O)c(OC)c1C2=O. The number of carbonyl (C=O) groups is 2. The van der Waals surface area contributed by atoms with Gasteiger partial charge >= 0.3 is 5.69 Å². The lowest BCUT2D eigenvalue weighted by Gasteiger charge is -2.25. The second kappa shape index (κ2) is 8.05. The number of aromatic nitrogens is 2. The first-order chi connectivity index (χ1) is 15.7. The molecule has 1 aliphatic carbocycles. The Labute approximate surface area is 186 Å². The largest absolute Gasteiger partial charge is 0.497 e. The van der Waals surface area contributed by atoms with E-state index < -0.39 is 28.6 Å². The van der Waals surface area contributed by atoms with Crippen molar-refractivity contribution in [3.63, 3.8) is 0 Å². The number of methoxy groups -OCH3 is 3.